The highest BCUT2D eigenvalue weighted by atomic mass is 31.1. The second-order valence-electron chi connectivity index (χ2n) is 8.26. The van der Waals surface area contributed by atoms with Crippen LogP contribution in [-0.2, 0) is 0 Å². The van der Waals surface area contributed by atoms with E-state index in [9.17, 15) is 5.11 Å². The molecule has 152 valence electrons. The predicted octanol–water partition coefficient (Wildman–Crippen LogP) is 7.12. The lowest BCUT2D eigenvalue weighted by molar-refractivity contribution is 0.478. The Morgan fingerprint density at radius 1 is 0.581 bits per heavy atom. The first-order valence-electron chi connectivity index (χ1n) is 10.7. The van der Waals surface area contributed by atoms with Gasteiger partial charge in [0.15, 0.2) is 0 Å². The first kappa shape index (κ1) is 19.8. The van der Waals surface area contributed by atoms with Crippen LogP contribution in [0.3, 0.4) is 0 Å². The smallest absolute Gasteiger partial charge is 0.124 e. The lowest BCUT2D eigenvalue weighted by Gasteiger charge is -2.19. The highest BCUT2D eigenvalue weighted by Crippen LogP contribution is 2.41. The van der Waals surface area contributed by atoms with E-state index in [1.807, 2.05) is 24.3 Å². The van der Waals surface area contributed by atoms with Crippen LogP contribution in [0.25, 0.3) is 32.7 Å². The number of hydrogen-bond donors (Lipinski definition) is 1. The molecule has 0 aromatic heterocycles. The summed E-state index contributed by atoms with van der Waals surface area (Å²) < 4.78 is 0. The zero-order valence-corrected chi connectivity index (χ0v) is 18.8. The van der Waals surface area contributed by atoms with Gasteiger partial charge in [-0.1, -0.05) is 113 Å². The SMILES string of the molecule is CC(C)c1ccccc1Pc1ccc2ccccc2c1-c1c(O)ccc2ccccc12. The molecule has 5 aromatic carbocycles. The molecule has 1 N–H and O–H groups in total. The molecule has 0 aliphatic carbocycles. The van der Waals surface area contributed by atoms with Gasteiger partial charge in [0.25, 0.3) is 0 Å². The normalized spacial score (nSPS) is 11.8. The largest absolute Gasteiger partial charge is 0.507 e. The fraction of sp³-hybridized carbons (Fsp3) is 0.103. The molecular formula is C29H25OP. The molecule has 0 heterocycles. The van der Waals surface area contributed by atoms with Crippen LogP contribution in [-0.4, -0.2) is 5.11 Å². The summed E-state index contributed by atoms with van der Waals surface area (Å²) in [6, 6.07) is 33.8. The Hall–Kier alpha value is -3.15. The maximum atomic E-state index is 11.1. The number of phenolic OH excluding ortho intramolecular Hbond substituents is 1. The third-order valence-electron chi connectivity index (χ3n) is 5.94. The van der Waals surface area contributed by atoms with E-state index in [-0.39, 0.29) is 0 Å². The standard InChI is InChI=1S/C29H25OP/c1-19(2)22-11-7-8-14-26(22)31-27-18-16-21-10-4-6-13-24(21)29(27)28-23-12-5-3-9-20(23)15-17-25(28)30/h3-19,30-31H,1-2H3. The summed E-state index contributed by atoms with van der Waals surface area (Å²) in [5, 5.41) is 18.3. The van der Waals surface area contributed by atoms with Crippen LogP contribution in [0.2, 0.25) is 0 Å². The summed E-state index contributed by atoms with van der Waals surface area (Å²) >= 11 is 0. The third-order valence-corrected chi connectivity index (χ3v) is 7.35. The average Bonchev–Trinajstić information content (AvgIpc) is 2.80. The van der Waals surface area contributed by atoms with E-state index in [1.165, 1.54) is 26.9 Å². The van der Waals surface area contributed by atoms with Gasteiger partial charge in [-0.2, -0.15) is 0 Å². The van der Waals surface area contributed by atoms with E-state index in [2.05, 4.69) is 86.6 Å². The zero-order chi connectivity index (χ0) is 21.4. The summed E-state index contributed by atoms with van der Waals surface area (Å²) in [5.74, 6) is 0.803. The molecule has 1 atom stereocenters. The second kappa shape index (κ2) is 8.17. The van der Waals surface area contributed by atoms with Gasteiger partial charge in [0.2, 0.25) is 0 Å². The highest BCUT2D eigenvalue weighted by Gasteiger charge is 2.18. The highest BCUT2D eigenvalue weighted by molar-refractivity contribution is 7.56. The topological polar surface area (TPSA) is 20.2 Å². The van der Waals surface area contributed by atoms with Crippen molar-refractivity contribution in [3.05, 3.63) is 103 Å². The van der Waals surface area contributed by atoms with E-state index >= 15 is 0 Å². The maximum absolute atomic E-state index is 11.1. The van der Waals surface area contributed by atoms with Crippen LogP contribution in [0.5, 0.6) is 5.75 Å². The molecule has 0 saturated heterocycles. The molecule has 1 nitrogen and oxygen atoms in total. The number of fused-ring (bicyclic) bond motifs is 2. The molecular weight excluding hydrogens is 395 g/mol. The Morgan fingerprint density at radius 3 is 1.87 bits per heavy atom. The van der Waals surface area contributed by atoms with Gasteiger partial charge < -0.3 is 5.11 Å². The van der Waals surface area contributed by atoms with Crippen molar-refractivity contribution in [1.82, 2.24) is 0 Å². The van der Waals surface area contributed by atoms with Crippen molar-refractivity contribution in [3.63, 3.8) is 0 Å². The molecule has 5 aromatic rings. The minimum Gasteiger partial charge on any atom is -0.507 e. The molecule has 31 heavy (non-hydrogen) atoms. The molecule has 0 saturated carbocycles. The van der Waals surface area contributed by atoms with Gasteiger partial charge in [-0.3, -0.25) is 0 Å². The molecule has 0 bridgehead atoms. The number of benzene rings is 5. The van der Waals surface area contributed by atoms with Gasteiger partial charge in [0, 0.05) is 11.1 Å². The van der Waals surface area contributed by atoms with Crippen molar-refractivity contribution in [1.29, 1.82) is 0 Å². The minimum atomic E-state index is 0.332. The van der Waals surface area contributed by atoms with Crippen molar-refractivity contribution in [2.75, 3.05) is 0 Å². The van der Waals surface area contributed by atoms with E-state index in [4.69, 9.17) is 0 Å². The summed E-state index contributed by atoms with van der Waals surface area (Å²) in [4.78, 5) is 0. The Kier molecular flexibility index (Phi) is 5.22. The molecule has 5 rings (SSSR count). The van der Waals surface area contributed by atoms with Crippen molar-refractivity contribution in [2.45, 2.75) is 19.8 Å². The zero-order valence-electron chi connectivity index (χ0n) is 17.8. The van der Waals surface area contributed by atoms with Crippen LogP contribution in [0.4, 0.5) is 0 Å². The number of aromatic hydroxyl groups is 1. The summed E-state index contributed by atoms with van der Waals surface area (Å²) in [7, 11) is 0.512. The Labute approximate surface area is 185 Å². The van der Waals surface area contributed by atoms with Gasteiger partial charge in [-0.15, -0.1) is 0 Å². The Balaban J connectivity index is 1.82. The van der Waals surface area contributed by atoms with Crippen LogP contribution in [0, 0.1) is 0 Å². The van der Waals surface area contributed by atoms with Gasteiger partial charge in [0.05, 0.1) is 0 Å². The molecule has 0 amide bonds. The lowest BCUT2D eigenvalue weighted by Crippen LogP contribution is -2.12. The van der Waals surface area contributed by atoms with Crippen molar-refractivity contribution in [2.24, 2.45) is 0 Å². The minimum absolute atomic E-state index is 0.332. The molecule has 0 radical (unpaired) electrons. The van der Waals surface area contributed by atoms with Crippen molar-refractivity contribution < 1.29 is 5.11 Å². The fourth-order valence-electron chi connectivity index (χ4n) is 4.43. The third kappa shape index (κ3) is 3.60. The van der Waals surface area contributed by atoms with E-state index in [1.54, 1.807) is 0 Å². The predicted molar refractivity (Wildman–Crippen MR) is 137 cm³/mol. The summed E-state index contributed by atoms with van der Waals surface area (Å²) in [6.45, 7) is 4.50. The average molecular weight is 420 g/mol. The fourth-order valence-corrected chi connectivity index (χ4v) is 5.96. The van der Waals surface area contributed by atoms with Gasteiger partial charge in [0.1, 0.15) is 5.75 Å². The van der Waals surface area contributed by atoms with Crippen LogP contribution < -0.4 is 10.6 Å². The van der Waals surface area contributed by atoms with Crippen LogP contribution >= 0.6 is 8.58 Å². The maximum Gasteiger partial charge on any atom is 0.124 e. The molecule has 0 fully saturated rings. The molecule has 0 aliphatic rings. The molecule has 1 unspecified atom stereocenters. The second-order valence-corrected chi connectivity index (χ2v) is 9.58. The van der Waals surface area contributed by atoms with E-state index in [0.29, 0.717) is 20.2 Å². The van der Waals surface area contributed by atoms with Gasteiger partial charge >= 0.3 is 0 Å². The van der Waals surface area contributed by atoms with E-state index < -0.39 is 0 Å². The Morgan fingerprint density at radius 2 is 1.16 bits per heavy atom. The van der Waals surface area contributed by atoms with Crippen LogP contribution in [0.1, 0.15) is 25.3 Å². The molecule has 0 aliphatic heterocycles. The first-order valence-corrected chi connectivity index (χ1v) is 11.7. The number of rotatable bonds is 4. The quantitative estimate of drug-likeness (QED) is 0.307. The Bertz CT molecular complexity index is 1400. The number of phenols is 1. The monoisotopic (exact) mass is 420 g/mol. The van der Waals surface area contributed by atoms with Crippen LogP contribution in [0.15, 0.2) is 97.1 Å². The lowest BCUT2D eigenvalue weighted by atomic mass is 9.93. The van der Waals surface area contributed by atoms with Crippen molar-refractivity contribution in [3.8, 4) is 16.9 Å². The van der Waals surface area contributed by atoms with Crippen molar-refractivity contribution >= 4 is 40.7 Å². The first-order chi connectivity index (χ1) is 15.1. The molecule has 0 spiro atoms. The van der Waals surface area contributed by atoms with Gasteiger partial charge in [-0.25, -0.2) is 0 Å². The van der Waals surface area contributed by atoms with E-state index in [0.717, 1.165) is 21.9 Å². The van der Waals surface area contributed by atoms with Gasteiger partial charge in [-0.05, 0) is 49.7 Å². The summed E-state index contributed by atoms with van der Waals surface area (Å²) in [6.07, 6.45) is 0. The number of hydrogen-bond acceptors (Lipinski definition) is 1. The summed E-state index contributed by atoms with van der Waals surface area (Å²) in [5.41, 5.74) is 3.46. The molecule has 2 heteroatoms.